The Hall–Kier alpha value is -0.950. The summed E-state index contributed by atoms with van der Waals surface area (Å²) < 4.78 is 24.5. The standard InChI is InChI=1S/C12H24F2N4O/c1-2-15-12(16-5-8-19)17-10-3-6-18(7-4-10)9-11(13)14/h10-11,19H,2-9H2,1H3,(H2,15,16,17). The summed E-state index contributed by atoms with van der Waals surface area (Å²) in [7, 11) is 0. The highest BCUT2D eigenvalue weighted by Crippen LogP contribution is 2.11. The van der Waals surface area contributed by atoms with E-state index in [9.17, 15) is 8.78 Å². The van der Waals surface area contributed by atoms with Crippen molar-refractivity contribution in [3.05, 3.63) is 0 Å². The first-order chi connectivity index (χ1) is 9.15. The van der Waals surface area contributed by atoms with E-state index in [0.717, 1.165) is 19.4 Å². The highest BCUT2D eigenvalue weighted by molar-refractivity contribution is 5.80. The van der Waals surface area contributed by atoms with Crippen molar-refractivity contribution in [2.75, 3.05) is 39.3 Å². The van der Waals surface area contributed by atoms with E-state index in [0.29, 0.717) is 25.6 Å². The van der Waals surface area contributed by atoms with Gasteiger partial charge < -0.3 is 15.7 Å². The van der Waals surface area contributed by atoms with Crippen LogP contribution in [0.4, 0.5) is 8.78 Å². The van der Waals surface area contributed by atoms with E-state index >= 15 is 0 Å². The van der Waals surface area contributed by atoms with Crippen molar-refractivity contribution in [3.63, 3.8) is 0 Å². The molecule has 1 rings (SSSR count). The first-order valence-corrected chi connectivity index (χ1v) is 6.82. The molecule has 1 aliphatic heterocycles. The van der Waals surface area contributed by atoms with Gasteiger partial charge in [0.25, 0.3) is 6.43 Å². The van der Waals surface area contributed by atoms with Gasteiger partial charge in [-0.3, -0.25) is 9.89 Å². The number of hydrogen-bond donors (Lipinski definition) is 3. The smallest absolute Gasteiger partial charge is 0.251 e. The minimum absolute atomic E-state index is 0.0173. The maximum Gasteiger partial charge on any atom is 0.251 e. The molecule has 0 spiro atoms. The van der Waals surface area contributed by atoms with Gasteiger partial charge in [0.15, 0.2) is 5.96 Å². The predicted octanol–water partition coefficient (Wildman–Crippen LogP) is 0.263. The molecular formula is C12H24F2N4O. The monoisotopic (exact) mass is 278 g/mol. The molecule has 112 valence electrons. The normalized spacial score (nSPS) is 18.9. The van der Waals surface area contributed by atoms with Gasteiger partial charge in [-0.1, -0.05) is 0 Å². The van der Waals surface area contributed by atoms with Crippen LogP contribution in [0.15, 0.2) is 4.99 Å². The number of aliphatic hydroxyl groups is 1. The van der Waals surface area contributed by atoms with Crippen molar-refractivity contribution >= 4 is 5.96 Å². The van der Waals surface area contributed by atoms with E-state index in [1.54, 1.807) is 4.90 Å². The Labute approximate surface area is 113 Å². The number of guanidine groups is 1. The minimum Gasteiger partial charge on any atom is -0.394 e. The van der Waals surface area contributed by atoms with Crippen LogP contribution in [0.3, 0.4) is 0 Å². The molecule has 0 aromatic carbocycles. The number of alkyl halides is 2. The van der Waals surface area contributed by atoms with Gasteiger partial charge in [-0.15, -0.1) is 0 Å². The number of nitrogens with zero attached hydrogens (tertiary/aromatic N) is 2. The number of nitrogens with one attached hydrogen (secondary N) is 2. The zero-order chi connectivity index (χ0) is 14.1. The zero-order valence-corrected chi connectivity index (χ0v) is 11.4. The molecule has 0 aromatic heterocycles. The van der Waals surface area contributed by atoms with Crippen LogP contribution in [-0.2, 0) is 0 Å². The Kier molecular flexibility index (Phi) is 7.66. The van der Waals surface area contributed by atoms with Crippen LogP contribution in [0.25, 0.3) is 0 Å². The van der Waals surface area contributed by atoms with Crippen LogP contribution in [-0.4, -0.2) is 67.8 Å². The molecule has 0 unspecified atom stereocenters. The lowest BCUT2D eigenvalue weighted by molar-refractivity contribution is 0.0744. The molecule has 1 saturated heterocycles. The molecule has 0 radical (unpaired) electrons. The molecule has 5 nitrogen and oxygen atoms in total. The second kappa shape index (κ2) is 9.03. The highest BCUT2D eigenvalue weighted by Gasteiger charge is 2.21. The second-order valence-electron chi connectivity index (χ2n) is 4.59. The van der Waals surface area contributed by atoms with E-state index in [-0.39, 0.29) is 19.2 Å². The molecule has 0 bridgehead atoms. The van der Waals surface area contributed by atoms with E-state index in [1.165, 1.54) is 0 Å². The molecule has 0 atom stereocenters. The van der Waals surface area contributed by atoms with Crippen LogP contribution in [0.1, 0.15) is 19.8 Å². The Balaban J connectivity index is 2.33. The highest BCUT2D eigenvalue weighted by atomic mass is 19.3. The summed E-state index contributed by atoms with van der Waals surface area (Å²) in [5, 5.41) is 15.1. The molecular weight excluding hydrogens is 254 g/mol. The van der Waals surface area contributed by atoms with Gasteiger partial charge in [-0.25, -0.2) is 8.78 Å². The minimum atomic E-state index is -2.26. The number of aliphatic imine (C=N–C) groups is 1. The number of likely N-dealkylation sites (tertiary alicyclic amines) is 1. The van der Waals surface area contributed by atoms with E-state index in [2.05, 4.69) is 15.6 Å². The zero-order valence-electron chi connectivity index (χ0n) is 11.4. The molecule has 19 heavy (non-hydrogen) atoms. The van der Waals surface area contributed by atoms with Crippen molar-refractivity contribution in [3.8, 4) is 0 Å². The first-order valence-electron chi connectivity index (χ1n) is 6.82. The largest absolute Gasteiger partial charge is 0.394 e. The molecule has 0 aliphatic carbocycles. The predicted molar refractivity (Wildman–Crippen MR) is 71.7 cm³/mol. The fourth-order valence-corrected chi connectivity index (χ4v) is 2.13. The quantitative estimate of drug-likeness (QED) is 0.482. The first kappa shape index (κ1) is 16.1. The third kappa shape index (κ3) is 6.68. The molecule has 0 aromatic rings. The third-order valence-electron chi connectivity index (χ3n) is 3.04. The van der Waals surface area contributed by atoms with Crippen LogP contribution in [0.2, 0.25) is 0 Å². The SMILES string of the molecule is CCNC(=NCCO)NC1CCN(CC(F)F)CC1. The summed E-state index contributed by atoms with van der Waals surface area (Å²) in [5.41, 5.74) is 0. The van der Waals surface area contributed by atoms with Crippen LogP contribution >= 0.6 is 0 Å². The molecule has 3 N–H and O–H groups in total. The van der Waals surface area contributed by atoms with Crippen molar-refractivity contribution in [1.82, 2.24) is 15.5 Å². The summed E-state index contributed by atoms with van der Waals surface area (Å²) in [4.78, 5) is 6.00. The van der Waals surface area contributed by atoms with E-state index in [4.69, 9.17) is 5.11 Å². The van der Waals surface area contributed by atoms with Crippen molar-refractivity contribution in [2.24, 2.45) is 4.99 Å². The Morgan fingerprint density at radius 3 is 2.63 bits per heavy atom. The summed E-state index contributed by atoms with van der Waals surface area (Å²) in [5.74, 6) is 0.684. The Morgan fingerprint density at radius 2 is 2.11 bits per heavy atom. The van der Waals surface area contributed by atoms with Crippen molar-refractivity contribution < 1.29 is 13.9 Å². The molecule has 1 fully saturated rings. The lowest BCUT2D eigenvalue weighted by atomic mass is 10.1. The van der Waals surface area contributed by atoms with Crippen LogP contribution in [0.5, 0.6) is 0 Å². The van der Waals surface area contributed by atoms with Gasteiger partial charge in [-0.2, -0.15) is 0 Å². The lowest BCUT2D eigenvalue weighted by Crippen LogP contribution is -2.49. The third-order valence-corrected chi connectivity index (χ3v) is 3.04. The molecule has 0 saturated carbocycles. The second-order valence-corrected chi connectivity index (χ2v) is 4.59. The summed E-state index contributed by atoms with van der Waals surface area (Å²) in [6, 6.07) is 0.255. The fraction of sp³-hybridized carbons (Fsp3) is 0.917. The van der Waals surface area contributed by atoms with Crippen LogP contribution < -0.4 is 10.6 Å². The number of rotatable bonds is 6. The average Bonchev–Trinajstić information content (AvgIpc) is 2.38. The number of piperidine rings is 1. The van der Waals surface area contributed by atoms with E-state index in [1.807, 2.05) is 6.92 Å². The summed E-state index contributed by atoms with van der Waals surface area (Å²) in [6.45, 7) is 4.33. The Bertz CT molecular complexity index is 268. The number of halogens is 2. The van der Waals surface area contributed by atoms with Crippen molar-refractivity contribution in [1.29, 1.82) is 0 Å². The van der Waals surface area contributed by atoms with Crippen molar-refractivity contribution in [2.45, 2.75) is 32.2 Å². The fourth-order valence-electron chi connectivity index (χ4n) is 2.13. The van der Waals surface area contributed by atoms with Gasteiger partial charge in [0.05, 0.1) is 19.7 Å². The van der Waals surface area contributed by atoms with Crippen LogP contribution in [0, 0.1) is 0 Å². The van der Waals surface area contributed by atoms with Gasteiger partial charge in [0.2, 0.25) is 0 Å². The molecule has 1 aliphatic rings. The molecule has 1 heterocycles. The lowest BCUT2D eigenvalue weighted by Gasteiger charge is -2.32. The van der Waals surface area contributed by atoms with Gasteiger partial charge in [-0.05, 0) is 19.8 Å². The van der Waals surface area contributed by atoms with E-state index < -0.39 is 6.43 Å². The summed E-state index contributed by atoms with van der Waals surface area (Å²) >= 11 is 0. The Morgan fingerprint density at radius 1 is 1.42 bits per heavy atom. The van der Waals surface area contributed by atoms with Gasteiger partial charge in [0.1, 0.15) is 0 Å². The average molecular weight is 278 g/mol. The number of hydrogen-bond acceptors (Lipinski definition) is 3. The maximum absolute atomic E-state index is 12.3. The summed E-state index contributed by atoms with van der Waals surface area (Å²) in [6.07, 6.45) is -0.597. The van der Waals surface area contributed by atoms with Gasteiger partial charge >= 0.3 is 0 Å². The van der Waals surface area contributed by atoms with Gasteiger partial charge in [0, 0.05) is 25.7 Å². The molecule has 7 heteroatoms. The molecule has 0 amide bonds. The topological polar surface area (TPSA) is 59.9 Å². The number of aliphatic hydroxyl groups excluding tert-OH is 1. The maximum atomic E-state index is 12.3.